The molecule has 0 saturated carbocycles. The topological polar surface area (TPSA) is 67.7 Å². The van der Waals surface area contributed by atoms with Crippen LogP contribution in [0.15, 0.2) is 30.7 Å². The van der Waals surface area contributed by atoms with Crippen molar-refractivity contribution in [2.24, 2.45) is 0 Å². The van der Waals surface area contributed by atoms with E-state index < -0.39 is 0 Å². The number of hydrogen-bond acceptors (Lipinski definition) is 5. The lowest BCUT2D eigenvalue weighted by Crippen LogP contribution is -2.23. The van der Waals surface area contributed by atoms with E-state index in [0.717, 1.165) is 18.9 Å². The number of aromatic nitrogens is 4. The van der Waals surface area contributed by atoms with Crippen LogP contribution >= 0.6 is 0 Å². The highest BCUT2D eigenvalue weighted by Crippen LogP contribution is 2.07. The zero-order valence-corrected chi connectivity index (χ0v) is 10.7. The molecule has 96 valence electrons. The molecule has 0 aromatic carbocycles. The molecule has 0 bridgehead atoms. The molecule has 2 N–H and O–H groups in total. The summed E-state index contributed by atoms with van der Waals surface area (Å²) in [6.07, 6.45) is 5.47. The van der Waals surface area contributed by atoms with Crippen LogP contribution in [0.3, 0.4) is 0 Å². The molecule has 0 spiro atoms. The molecule has 2 aromatic heterocycles. The van der Waals surface area contributed by atoms with Crippen LogP contribution in [-0.4, -0.2) is 32.3 Å². The predicted molar refractivity (Wildman–Crippen MR) is 71.5 cm³/mol. The maximum atomic E-state index is 4.37. The number of nitrogens with one attached hydrogen (secondary N) is 2. The number of nitrogens with zero attached hydrogens (tertiary/aromatic N) is 4. The van der Waals surface area contributed by atoms with Gasteiger partial charge in [0.05, 0.1) is 6.54 Å². The first kappa shape index (κ1) is 12.3. The highest BCUT2D eigenvalue weighted by Gasteiger charge is 2.05. The van der Waals surface area contributed by atoms with Crippen molar-refractivity contribution in [2.75, 3.05) is 17.2 Å². The fourth-order valence-electron chi connectivity index (χ4n) is 1.67. The highest BCUT2D eigenvalue weighted by atomic mass is 15.3. The minimum Gasteiger partial charge on any atom is -0.366 e. The van der Waals surface area contributed by atoms with Gasteiger partial charge in [-0.25, -0.2) is 4.98 Å². The van der Waals surface area contributed by atoms with Gasteiger partial charge in [-0.2, -0.15) is 10.1 Å². The average molecular weight is 246 g/mol. The van der Waals surface area contributed by atoms with Gasteiger partial charge in [0.1, 0.15) is 5.82 Å². The average Bonchev–Trinajstić information content (AvgIpc) is 2.82. The zero-order valence-electron chi connectivity index (χ0n) is 10.7. The highest BCUT2D eigenvalue weighted by molar-refractivity contribution is 5.40. The van der Waals surface area contributed by atoms with E-state index in [-0.39, 0.29) is 6.04 Å². The maximum absolute atomic E-state index is 4.37. The smallest absolute Gasteiger partial charge is 0.224 e. The van der Waals surface area contributed by atoms with Crippen molar-refractivity contribution in [3.8, 4) is 0 Å². The lowest BCUT2D eigenvalue weighted by Gasteiger charge is -2.14. The molecule has 0 fully saturated rings. The van der Waals surface area contributed by atoms with E-state index in [9.17, 15) is 0 Å². The Morgan fingerprint density at radius 1 is 1.39 bits per heavy atom. The van der Waals surface area contributed by atoms with E-state index in [2.05, 4.69) is 32.6 Å². The molecule has 6 heteroatoms. The first-order chi connectivity index (χ1) is 8.78. The van der Waals surface area contributed by atoms with Crippen LogP contribution < -0.4 is 10.6 Å². The monoisotopic (exact) mass is 246 g/mol. The van der Waals surface area contributed by atoms with Crippen molar-refractivity contribution >= 4 is 11.8 Å². The van der Waals surface area contributed by atoms with Gasteiger partial charge >= 0.3 is 0 Å². The summed E-state index contributed by atoms with van der Waals surface area (Å²) in [6.45, 7) is 5.72. The molecule has 0 radical (unpaired) electrons. The first-order valence-electron chi connectivity index (χ1n) is 6.09. The number of anilines is 2. The first-order valence-corrected chi connectivity index (χ1v) is 6.09. The maximum Gasteiger partial charge on any atom is 0.224 e. The molecule has 18 heavy (non-hydrogen) atoms. The van der Waals surface area contributed by atoms with Gasteiger partial charge in [-0.05, 0) is 26.0 Å². The second-order valence-electron chi connectivity index (χ2n) is 4.07. The van der Waals surface area contributed by atoms with E-state index in [0.29, 0.717) is 5.95 Å². The second kappa shape index (κ2) is 6.00. The molecular formula is C12H18N6. The van der Waals surface area contributed by atoms with Gasteiger partial charge in [0.15, 0.2) is 0 Å². The summed E-state index contributed by atoms with van der Waals surface area (Å²) in [5.74, 6) is 1.47. The van der Waals surface area contributed by atoms with E-state index >= 15 is 0 Å². The van der Waals surface area contributed by atoms with Crippen LogP contribution in [0, 0.1) is 0 Å². The largest absolute Gasteiger partial charge is 0.366 e. The third-order valence-corrected chi connectivity index (χ3v) is 2.40. The van der Waals surface area contributed by atoms with Crippen LogP contribution in [0.1, 0.15) is 13.8 Å². The molecule has 0 aliphatic heterocycles. The van der Waals surface area contributed by atoms with Crippen molar-refractivity contribution in [3.63, 3.8) is 0 Å². The molecule has 0 amide bonds. The van der Waals surface area contributed by atoms with Gasteiger partial charge in [0.2, 0.25) is 5.95 Å². The van der Waals surface area contributed by atoms with E-state index in [1.54, 1.807) is 12.4 Å². The summed E-state index contributed by atoms with van der Waals surface area (Å²) in [7, 11) is 0. The van der Waals surface area contributed by atoms with E-state index in [1.165, 1.54) is 0 Å². The van der Waals surface area contributed by atoms with Gasteiger partial charge in [-0.1, -0.05) is 0 Å². The van der Waals surface area contributed by atoms with Gasteiger partial charge < -0.3 is 10.6 Å². The van der Waals surface area contributed by atoms with Crippen molar-refractivity contribution in [2.45, 2.75) is 26.4 Å². The Labute approximate surface area is 106 Å². The van der Waals surface area contributed by atoms with Crippen LogP contribution in [0.5, 0.6) is 0 Å². The van der Waals surface area contributed by atoms with Crippen molar-refractivity contribution in [3.05, 3.63) is 30.7 Å². The molecule has 2 rings (SSSR count). The second-order valence-corrected chi connectivity index (χ2v) is 4.07. The Morgan fingerprint density at radius 2 is 2.28 bits per heavy atom. The quantitative estimate of drug-likeness (QED) is 0.810. The molecule has 2 aromatic rings. The molecular weight excluding hydrogens is 228 g/mol. The Balaban J connectivity index is 1.93. The Morgan fingerprint density at radius 3 is 3.00 bits per heavy atom. The molecule has 6 nitrogen and oxygen atoms in total. The summed E-state index contributed by atoms with van der Waals surface area (Å²) >= 11 is 0. The summed E-state index contributed by atoms with van der Waals surface area (Å²) < 4.78 is 1.89. The zero-order chi connectivity index (χ0) is 12.8. The van der Waals surface area contributed by atoms with E-state index in [4.69, 9.17) is 0 Å². The lowest BCUT2D eigenvalue weighted by atomic mass is 10.3. The standard InChI is InChI=1S/C12H18N6/c1-3-13-12-14-7-5-11(17-12)16-10(2)9-18-8-4-6-15-18/h4-8,10H,3,9H2,1-2H3,(H2,13,14,16,17). The van der Waals surface area contributed by atoms with Gasteiger partial charge in [-0.15, -0.1) is 0 Å². The fourth-order valence-corrected chi connectivity index (χ4v) is 1.67. The molecule has 0 aliphatic rings. The number of rotatable bonds is 6. The Hall–Kier alpha value is -2.11. The van der Waals surface area contributed by atoms with Crippen molar-refractivity contribution < 1.29 is 0 Å². The normalized spacial score (nSPS) is 12.1. The van der Waals surface area contributed by atoms with Crippen molar-refractivity contribution in [1.29, 1.82) is 0 Å². The Kier molecular flexibility index (Phi) is 4.11. The summed E-state index contributed by atoms with van der Waals surface area (Å²) in [5, 5.41) is 10.6. The third-order valence-electron chi connectivity index (χ3n) is 2.40. The molecule has 1 atom stereocenters. The summed E-state index contributed by atoms with van der Waals surface area (Å²) in [4.78, 5) is 8.50. The van der Waals surface area contributed by atoms with Crippen LogP contribution in [0.25, 0.3) is 0 Å². The number of hydrogen-bond donors (Lipinski definition) is 2. The molecule has 1 unspecified atom stereocenters. The fraction of sp³-hybridized carbons (Fsp3) is 0.417. The molecule has 0 aliphatic carbocycles. The van der Waals surface area contributed by atoms with Crippen LogP contribution in [0.4, 0.5) is 11.8 Å². The lowest BCUT2D eigenvalue weighted by molar-refractivity contribution is 0.559. The van der Waals surface area contributed by atoms with Crippen LogP contribution in [-0.2, 0) is 6.54 Å². The van der Waals surface area contributed by atoms with Gasteiger partial charge in [0.25, 0.3) is 0 Å². The summed E-state index contributed by atoms with van der Waals surface area (Å²) in [6, 6.07) is 4.02. The van der Waals surface area contributed by atoms with Gasteiger partial charge in [-0.3, -0.25) is 4.68 Å². The van der Waals surface area contributed by atoms with E-state index in [1.807, 2.05) is 29.9 Å². The summed E-state index contributed by atoms with van der Waals surface area (Å²) in [5.41, 5.74) is 0. The molecule has 0 saturated heterocycles. The predicted octanol–water partition coefficient (Wildman–Crippen LogP) is 1.61. The minimum atomic E-state index is 0.245. The van der Waals surface area contributed by atoms with Crippen molar-refractivity contribution in [1.82, 2.24) is 19.7 Å². The Bertz CT molecular complexity index is 467. The minimum absolute atomic E-state index is 0.245. The third kappa shape index (κ3) is 3.44. The van der Waals surface area contributed by atoms with Gasteiger partial charge in [0, 0.05) is 31.2 Å². The SMILES string of the molecule is CCNc1nccc(NC(C)Cn2cccn2)n1. The van der Waals surface area contributed by atoms with Crippen LogP contribution in [0.2, 0.25) is 0 Å². The molecule has 2 heterocycles.